The first-order valence-electron chi connectivity index (χ1n) is 4.36. The third kappa shape index (κ3) is 1.35. The number of hydrogen-bond donors (Lipinski definition) is 1. The number of hydrogen-bond acceptors (Lipinski definition) is 1. The highest BCUT2D eigenvalue weighted by Gasteiger charge is 1.97. The predicted octanol–water partition coefficient (Wildman–Crippen LogP) is 1.05. The molecule has 0 radical (unpaired) electrons. The molecule has 0 spiro atoms. The third-order valence-corrected chi connectivity index (χ3v) is 1.06. The Morgan fingerprint density at radius 3 is 3.20 bits per heavy atom. The molecule has 2 heteroatoms. The van der Waals surface area contributed by atoms with Gasteiger partial charge in [0.1, 0.15) is 0 Å². The van der Waals surface area contributed by atoms with Gasteiger partial charge in [-0.1, -0.05) is 18.2 Å². The van der Waals surface area contributed by atoms with E-state index in [9.17, 15) is 4.79 Å². The lowest BCUT2D eigenvalue weighted by Crippen LogP contribution is -2.17. The molecule has 1 N–H and O–H groups in total. The lowest BCUT2D eigenvalue weighted by Gasteiger charge is -1.96. The van der Waals surface area contributed by atoms with Gasteiger partial charge in [0.05, 0.1) is 4.11 Å². The van der Waals surface area contributed by atoms with Crippen LogP contribution in [0.4, 0.5) is 0 Å². The highest BCUT2D eigenvalue weighted by Crippen LogP contribution is 1.96. The van der Waals surface area contributed by atoms with E-state index in [1.165, 1.54) is 19.2 Å². The van der Waals surface area contributed by atoms with Gasteiger partial charge in [-0.2, -0.15) is 0 Å². The molecular weight excluding hydrogens is 126 g/mol. The van der Waals surface area contributed by atoms with Crippen LogP contribution in [0.3, 0.4) is 0 Å². The number of nitrogens with one attached hydrogen (secondary N) is 1. The van der Waals surface area contributed by atoms with E-state index in [0.29, 0.717) is 0 Å². The van der Waals surface area contributed by atoms with Crippen LogP contribution in [0, 0.1) is 0 Å². The second-order valence-electron chi connectivity index (χ2n) is 1.72. The Labute approximate surface area is 64.1 Å². The number of amides is 1. The van der Waals surface area contributed by atoms with Crippen LogP contribution in [-0.2, 0) is 0 Å². The quantitative estimate of drug-likeness (QED) is 0.617. The molecule has 1 amide bonds. The summed E-state index contributed by atoms with van der Waals surface area (Å²) >= 11 is 0. The molecule has 0 aliphatic heterocycles. The Bertz CT molecular complexity index is 351. The van der Waals surface area contributed by atoms with Gasteiger partial charge in [0.2, 0.25) is 0 Å². The Morgan fingerprint density at radius 2 is 2.50 bits per heavy atom. The van der Waals surface area contributed by atoms with E-state index in [2.05, 4.69) is 5.32 Å². The molecule has 1 aromatic rings. The summed E-state index contributed by atoms with van der Waals surface area (Å²) in [7, 11) is 1.45. The number of rotatable bonds is 1. The maximum atomic E-state index is 11.1. The molecule has 52 valence electrons. The first-order valence-corrected chi connectivity index (χ1v) is 2.86. The van der Waals surface area contributed by atoms with Crippen LogP contribution in [0.5, 0.6) is 0 Å². The molecule has 0 aromatic heterocycles. The second kappa shape index (κ2) is 3.01. The van der Waals surface area contributed by atoms with Crippen molar-refractivity contribution in [2.75, 3.05) is 7.05 Å². The third-order valence-electron chi connectivity index (χ3n) is 1.06. The minimum Gasteiger partial charge on any atom is -0.355 e. The molecule has 0 bridgehead atoms. The Kier molecular flexibility index (Phi) is 1.13. The SMILES string of the molecule is [2H]c1cc([2H])c([2H])c(C(=O)NC)c1. The number of benzene rings is 1. The van der Waals surface area contributed by atoms with Gasteiger partial charge in [-0.05, 0) is 12.1 Å². The molecule has 1 aromatic carbocycles. The van der Waals surface area contributed by atoms with Crippen molar-refractivity contribution in [3.05, 3.63) is 35.8 Å². The van der Waals surface area contributed by atoms with Gasteiger partial charge >= 0.3 is 0 Å². The first kappa shape index (κ1) is 3.76. The van der Waals surface area contributed by atoms with Crippen LogP contribution in [0.1, 0.15) is 14.5 Å². The summed E-state index contributed by atoms with van der Waals surface area (Å²) in [4.78, 5) is 11.1. The highest BCUT2D eigenvalue weighted by molar-refractivity contribution is 5.93. The fourth-order valence-electron chi connectivity index (χ4n) is 0.574. The van der Waals surface area contributed by atoms with Crippen LogP contribution >= 0.6 is 0 Å². The van der Waals surface area contributed by atoms with Crippen molar-refractivity contribution in [2.24, 2.45) is 0 Å². The van der Waals surface area contributed by atoms with Gasteiger partial charge in [0.15, 0.2) is 0 Å². The van der Waals surface area contributed by atoms with Gasteiger partial charge in [-0.3, -0.25) is 4.79 Å². The highest BCUT2D eigenvalue weighted by atomic mass is 16.1. The van der Waals surface area contributed by atoms with E-state index >= 15 is 0 Å². The van der Waals surface area contributed by atoms with Crippen molar-refractivity contribution in [1.82, 2.24) is 5.32 Å². The second-order valence-corrected chi connectivity index (χ2v) is 1.72. The van der Waals surface area contributed by atoms with Crippen LogP contribution in [0.2, 0.25) is 0 Å². The van der Waals surface area contributed by atoms with Crippen molar-refractivity contribution < 1.29 is 8.91 Å². The van der Waals surface area contributed by atoms with E-state index in [-0.39, 0.29) is 23.7 Å². The van der Waals surface area contributed by atoms with E-state index in [4.69, 9.17) is 4.11 Å². The van der Waals surface area contributed by atoms with Crippen molar-refractivity contribution in [2.45, 2.75) is 0 Å². The van der Waals surface area contributed by atoms with Gasteiger partial charge < -0.3 is 5.32 Å². The predicted molar refractivity (Wildman–Crippen MR) is 39.8 cm³/mol. The Balaban J connectivity index is 3.28. The molecular formula is C8H9NO. The van der Waals surface area contributed by atoms with Crippen LogP contribution in [-0.4, -0.2) is 13.0 Å². The summed E-state index contributed by atoms with van der Waals surface area (Å²) in [6.45, 7) is 0. The van der Waals surface area contributed by atoms with Gasteiger partial charge in [-0.25, -0.2) is 0 Å². The molecule has 0 unspecified atom stereocenters. The van der Waals surface area contributed by atoms with Gasteiger partial charge in [-0.15, -0.1) is 0 Å². The van der Waals surface area contributed by atoms with E-state index in [0.717, 1.165) is 0 Å². The van der Waals surface area contributed by atoms with Crippen molar-refractivity contribution in [3.8, 4) is 0 Å². The summed E-state index contributed by atoms with van der Waals surface area (Å²) in [5, 5.41) is 2.35. The normalized spacial score (nSPS) is 13.1. The molecule has 0 saturated carbocycles. The monoisotopic (exact) mass is 138 g/mol. The molecule has 0 fully saturated rings. The Hall–Kier alpha value is -1.31. The van der Waals surface area contributed by atoms with Crippen LogP contribution < -0.4 is 5.32 Å². The number of carbonyl (C=O) groups is 1. The average Bonchev–Trinajstić information content (AvgIpc) is 2.10. The van der Waals surface area contributed by atoms with Crippen molar-refractivity contribution in [1.29, 1.82) is 0 Å². The molecule has 2 nitrogen and oxygen atoms in total. The smallest absolute Gasteiger partial charge is 0.251 e. The maximum absolute atomic E-state index is 11.1. The first-order chi connectivity index (χ1) is 6.06. The topological polar surface area (TPSA) is 29.1 Å². The zero-order valence-corrected chi connectivity index (χ0v) is 5.56. The van der Waals surface area contributed by atoms with E-state index < -0.39 is 5.91 Å². The molecule has 10 heavy (non-hydrogen) atoms. The summed E-state index contributed by atoms with van der Waals surface area (Å²) < 4.78 is 21.9. The Morgan fingerprint density at radius 1 is 1.70 bits per heavy atom. The zero-order valence-electron chi connectivity index (χ0n) is 8.56. The van der Waals surface area contributed by atoms with E-state index in [1.54, 1.807) is 0 Å². The van der Waals surface area contributed by atoms with Gasteiger partial charge in [0.25, 0.3) is 5.91 Å². The lowest BCUT2D eigenvalue weighted by atomic mass is 10.2. The van der Waals surface area contributed by atoms with Crippen molar-refractivity contribution in [3.63, 3.8) is 0 Å². The number of carbonyl (C=O) groups excluding carboxylic acids is 1. The zero-order chi connectivity index (χ0) is 10.0. The fourth-order valence-corrected chi connectivity index (χ4v) is 0.574. The fraction of sp³-hybridized carbons (Fsp3) is 0.125. The van der Waals surface area contributed by atoms with Crippen LogP contribution in [0.25, 0.3) is 0 Å². The van der Waals surface area contributed by atoms with Crippen molar-refractivity contribution >= 4 is 5.91 Å². The summed E-state index contributed by atoms with van der Waals surface area (Å²) in [6, 6.07) is 2.33. The lowest BCUT2D eigenvalue weighted by molar-refractivity contribution is 0.0963. The largest absolute Gasteiger partial charge is 0.355 e. The minimum atomic E-state index is -0.437. The molecule has 0 saturated heterocycles. The summed E-state index contributed by atoms with van der Waals surface area (Å²) in [5.41, 5.74) is 0.0694. The minimum absolute atomic E-state index is 0.0691. The maximum Gasteiger partial charge on any atom is 0.251 e. The molecule has 0 aliphatic carbocycles. The van der Waals surface area contributed by atoms with Gasteiger partial charge in [0, 0.05) is 12.6 Å². The standard InChI is InChI=1S/C8H9NO/c1-9-8(10)7-5-3-2-4-6-7/h2-6H,1H3,(H,9,10)/i3D,4D,5D. The molecule has 0 aliphatic rings. The summed E-state index contributed by atoms with van der Waals surface area (Å²) in [5.74, 6) is -0.437. The molecule has 0 atom stereocenters. The molecule has 0 heterocycles. The molecule has 1 rings (SSSR count). The van der Waals surface area contributed by atoms with Crippen LogP contribution in [0.15, 0.2) is 30.3 Å². The summed E-state index contributed by atoms with van der Waals surface area (Å²) in [6.07, 6.45) is 0. The average molecular weight is 138 g/mol. The van der Waals surface area contributed by atoms with E-state index in [1.807, 2.05) is 0 Å².